The van der Waals surface area contributed by atoms with Gasteiger partial charge in [0.25, 0.3) is 0 Å². The van der Waals surface area contributed by atoms with E-state index >= 15 is 0 Å². The summed E-state index contributed by atoms with van der Waals surface area (Å²) in [6.45, 7) is 3.43. The van der Waals surface area contributed by atoms with Crippen molar-refractivity contribution in [2.24, 2.45) is 5.92 Å². The summed E-state index contributed by atoms with van der Waals surface area (Å²) in [7, 11) is 0. The Kier molecular flexibility index (Phi) is 4.87. The molecular weight excluding hydrogens is 359 g/mol. The Morgan fingerprint density at radius 1 is 1.15 bits per heavy atom. The summed E-state index contributed by atoms with van der Waals surface area (Å²) in [5, 5.41) is 7.60. The third-order valence-electron chi connectivity index (χ3n) is 4.96. The van der Waals surface area contributed by atoms with Gasteiger partial charge in [0.05, 0.1) is 0 Å². The van der Waals surface area contributed by atoms with Crippen LogP contribution in [0.2, 0.25) is 0 Å². The van der Waals surface area contributed by atoms with Crippen LogP contribution in [0.1, 0.15) is 44.1 Å². The first-order valence-electron chi connectivity index (χ1n) is 8.00. The zero-order valence-corrected chi connectivity index (χ0v) is 14.4. The van der Waals surface area contributed by atoms with E-state index in [0.717, 1.165) is 12.0 Å². The van der Waals surface area contributed by atoms with E-state index < -0.39 is 0 Å². The van der Waals surface area contributed by atoms with E-state index in [1.54, 1.807) is 0 Å². The van der Waals surface area contributed by atoms with Crippen LogP contribution in [0.15, 0.2) is 18.2 Å². The van der Waals surface area contributed by atoms with Crippen molar-refractivity contribution in [1.29, 1.82) is 0 Å². The van der Waals surface area contributed by atoms with Crippen molar-refractivity contribution in [2.45, 2.75) is 57.5 Å². The lowest BCUT2D eigenvalue weighted by molar-refractivity contribution is 0.286. The van der Waals surface area contributed by atoms with Gasteiger partial charge < -0.3 is 10.6 Å². The molecule has 0 spiro atoms. The summed E-state index contributed by atoms with van der Waals surface area (Å²) in [5.74, 6) is 0.814. The minimum atomic E-state index is 0.657. The summed E-state index contributed by atoms with van der Waals surface area (Å²) < 4.78 is 1.32. The van der Waals surface area contributed by atoms with E-state index in [-0.39, 0.29) is 0 Å². The van der Waals surface area contributed by atoms with Crippen LogP contribution < -0.4 is 10.6 Å². The van der Waals surface area contributed by atoms with Crippen LogP contribution in [0.5, 0.6) is 0 Å². The normalized spacial score (nSPS) is 30.4. The highest BCUT2D eigenvalue weighted by atomic mass is 127. The van der Waals surface area contributed by atoms with E-state index in [0.29, 0.717) is 6.04 Å². The maximum atomic E-state index is 3.84. The number of aryl methyl sites for hydroxylation is 1. The molecule has 2 fully saturated rings. The Hall–Kier alpha value is -0.290. The summed E-state index contributed by atoms with van der Waals surface area (Å²) >= 11 is 2.39. The van der Waals surface area contributed by atoms with Gasteiger partial charge in [-0.05, 0) is 91.4 Å². The Balaban J connectivity index is 1.68. The molecule has 3 rings (SSSR count). The molecule has 20 heavy (non-hydrogen) atoms. The Morgan fingerprint density at radius 2 is 2.05 bits per heavy atom. The Labute approximate surface area is 136 Å². The van der Waals surface area contributed by atoms with Gasteiger partial charge in [0, 0.05) is 21.3 Å². The molecule has 1 aromatic carbocycles. The molecule has 3 unspecified atom stereocenters. The molecule has 1 saturated heterocycles. The molecular formula is C17H25IN2. The molecule has 0 aromatic heterocycles. The average Bonchev–Trinajstić information content (AvgIpc) is 2.91. The molecule has 2 nitrogen and oxygen atoms in total. The van der Waals surface area contributed by atoms with Crippen LogP contribution in [0.25, 0.3) is 0 Å². The predicted molar refractivity (Wildman–Crippen MR) is 94.3 cm³/mol. The lowest BCUT2D eigenvalue weighted by atomic mass is 9.88. The highest BCUT2D eigenvalue weighted by molar-refractivity contribution is 14.1. The van der Waals surface area contributed by atoms with Gasteiger partial charge in [-0.3, -0.25) is 0 Å². The first-order chi connectivity index (χ1) is 9.74. The zero-order valence-electron chi connectivity index (χ0n) is 12.3. The topological polar surface area (TPSA) is 24.1 Å². The summed E-state index contributed by atoms with van der Waals surface area (Å²) in [6, 6.07) is 8.13. The van der Waals surface area contributed by atoms with Gasteiger partial charge in [0.15, 0.2) is 0 Å². The molecule has 0 bridgehead atoms. The number of rotatable bonds is 3. The second-order valence-electron chi connectivity index (χ2n) is 6.36. The number of benzene rings is 1. The second-order valence-corrected chi connectivity index (χ2v) is 7.61. The monoisotopic (exact) mass is 384 g/mol. The van der Waals surface area contributed by atoms with E-state index in [9.17, 15) is 0 Å². The van der Waals surface area contributed by atoms with Gasteiger partial charge in [-0.25, -0.2) is 0 Å². The van der Waals surface area contributed by atoms with Crippen molar-refractivity contribution in [3.8, 4) is 0 Å². The zero-order chi connectivity index (χ0) is 13.9. The van der Waals surface area contributed by atoms with Crippen molar-refractivity contribution in [3.63, 3.8) is 0 Å². The smallest absolute Gasteiger partial charge is 0.0372 e. The third-order valence-corrected chi connectivity index (χ3v) is 5.64. The highest BCUT2D eigenvalue weighted by Gasteiger charge is 2.34. The number of anilines is 1. The molecule has 110 valence electrons. The van der Waals surface area contributed by atoms with Gasteiger partial charge in [-0.2, -0.15) is 0 Å². The fraction of sp³-hybridized carbons (Fsp3) is 0.647. The van der Waals surface area contributed by atoms with E-state index in [1.165, 1.54) is 59.9 Å². The van der Waals surface area contributed by atoms with Crippen molar-refractivity contribution >= 4 is 28.3 Å². The molecule has 1 aliphatic heterocycles. The van der Waals surface area contributed by atoms with Crippen LogP contribution in [-0.4, -0.2) is 18.6 Å². The number of nitrogens with one attached hydrogen (secondary N) is 2. The first kappa shape index (κ1) is 14.6. The maximum absolute atomic E-state index is 3.84. The molecule has 1 heterocycles. The van der Waals surface area contributed by atoms with Crippen LogP contribution in [0.3, 0.4) is 0 Å². The predicted octanol–water partition coefficient (Wildman–Crippen LogP) is 4.32. The number of piperidine rings is 1. The molecule has 0 radical (unpaired) electrons. The molecule has 3 atom stereocenters. The lowest BCUT2D eigenvalue weighted by Crippen LogP contribution is -2.44. The Bertz CT molecular complexity index is 454. The largest absolute Gasteiger partial charge is 0.382 e. The first-order valence-corrected chi connectivity index (χ1v) is 9.08. The van der Waals surface area contributed by atoms with E-state index in [2.05, 4.69) is 58.3 Å². The molecule has 1 aromatic rings. The summed E-state index contributed by atoms with van der Waals surface area (Å²) in [4.78, 5) is 0. The van der Waals surface area contributed by atoms with Gasteiger partial charge >= 0.3 is 0 Å². The van der Waals surface area contributed by atoms with Crippen LogP contribution in [-0.2, 0) is 0 Å². The van der Waals surface area contributed by atoms with Crippen molar-refractivity contribution in [2.75, 3.05) is 11.9 Å². The highest BCUT2D eigenvalue weighted by Crippen LogP contribution is 2.34. The summed E-state index contributed by atoms with van der Waals surface area (Å²) in [5.41, 5.74) is 2.71. The molecule has 2 aliphatic rings. The van der Waals surface area contributed by atoms with Crippen LogP contribution in [0, 0.1) is 16.4 Å². The second kappa shape index (κ2) is 6.65. The SMILES string of the molecule is Cc1cc(I)ccc1NC1CCCC1C1CCCCN1. The van der Waals surface area contributed by atoms with Gasteiger partial charge in [-0.1, -0.05) is 12.8 Å². The van der Waals surface area contributed by atoms with Gasteiger partial charge in [0.1, 0.15) is 0 Å². The summed E-state index contributed by atoms with van der Waals surface area (Å²) in [6.07, 6.45) is 8.23. The fourth-order valence-corrected chi connectivity index (χ4v) is 4.53. The third kappa shape index (κ3) is 3.30. The molecule has 3 heteroatoms. The van der Waals surface area contributed by atoms with E-state index in [1.807, 2.05) is 0 Å². The van der Waals surface area contributed by atoms with Crippen LogP contribution in [0.4, 0.5) is 5.69 Å². The standard InChI is InChI=1S/C17H25IN2/c1-12-11-13(18)8-9-15(12)20-17-7-4-5-14(17)16-6-2-3-10-19-16/h8-9,11,14,16-17,19-20H,2-7,10H2,1H3. The number of hydrogen-bond donors (Lipinski definition) is 2. The van der Waals surface area contributed by atoms with E-state index in [4.69, 9.17) is 0 Å². The van der Waals surface area contributed by atoms with Gasteiger partial charge in [-0.15, -0.1) is 0 Å². The van der Waals surface area contributed by atoms with Crippen molar-refractivity contribution in [1.82, 2.24) is 5.32 Å². The number of hydrogen-bond acceptors (Lipinski definition) is 2. The van der Waals surface area contributed by atoms with Crippen LogP contribution >= 0.6 is 22.6 Å². The molecule has 1 aliphatic carbocycles. The average molecular weight is 384 g/mol. The molecule has 1 saturated carbocycles. The quantitative estimate of drug-likeness (QED) is 0.759. The van der Waals surface area contributed by atoms with Crippen molar-refractivity contribution < 1.29 is 0 Å². The molecule has 2 N–H and O–H groups in total. The van der Waals surface area contributed by atoms with Gasteiger partial charge in [0.2, 0.25) is 0 Å². The Morgan fingerprint density at radius 3 is 2.80 bits per heavy atom. The minimum absolute atomic E-state index is 0.657. The lowest BCUT2D eigenvalue weighted by Gasteiger charge is -2.33. The minimum Gasteiger partial charge on any atom is -0.382 e. The fourth-order valence-electron chi connectivity index (χ4n) is 3.88. The number of halogens is 1. The molecule has 0 amide bonds. The van der Waals surface area contributed by atoms with Crippen molar-refractivity contribution in [3.05, 3.63) is 27.3 Å². The maximum Gasteiger partial charge on any atom is 0.0372 e.